The molecule has 1 heterocycles. The number of phenols is 1. The first-order valence-electron chi connectivity index (χ1n) is 9.09. The SMILES string of the molecule is CCOc1ccccc1-c1cc(NCCCO)nc(-c2ccc(O)cc2)c1. The predicted molar refractivity (Wildman–Crippen MR) is 108 cm³/mol. The summed E-state index contributed by atoms with van der Waals surface area (Å²) in [6.07, 6.45) is 0.649. The van der Waals surface area contributed by atoms with E-state index in [9.17, 15) is 5.11 Å². The molecule has 0 amide bonds. The summed E-state index contributed by atoms with van der Waals surface area (Å²) in [4.78, 5) is 4.69. The van der Waals surface area contributed by atoms with Gasteiger partial charge in [0.15, 0.2) is 0 Å². The molecule has 3 aromatic rings. The van der Waals surface area contributed by atoms with E-state index in [1.807, 2.05) is 55.5 Å². The molecular formula is C22H24N2O3. The van der Waals surface area contributed by atoms with Gasteiger partial charge in [-0.2, -0.15) is 0 Å². The fourth-order valence-corrected chi connectivity index (χ4v) is 2.84. The number of phenolic OH excluding ortho intramolecular Hbond substituents is 1. The van der Waals surface area contributed by atoms with Gasteiger partial charge in [-0.3, -0.25) is 0 Å². The van der Waals surface area contributed by atoms with Crippen LogP contribution in [0.3, 0.4) is 0 Å². The number of anilines is 1. The van der Waals surface area contributed by atoms with Gasteiger partial charge in [-0.25, -0.2) is 4.98 Å². The molecule has 3 rings (SSSR count). The van der Waals surface area contributed by atoms with Crippen molar-refractivity contribution in [1.82, 2.24) is 4.98 Å². The van der Waals surface area contributed by atoms with Crippen LogP contribution in [0.15, 0.2) is 60.7 Å². The Kier molecular flexibility index (Phi) is 6.28. The number of para-hydroxylation sites is 1. The van der Waals surface area contributed by atoms with Crippen molar-refractivity contribution in [1.29, 1.82) is 0 Å². The van der Waals surface area contributed by atoms with Crippen molar-refractivity contribution in [2.24, 2.45) is 0 Å². The number of aliphatic hydroxyl groups excluding tert-OH is 1. The normalized spacial score (nSPS) is 10.6. The van der Waals surface area contributed by atoms with Crippen LogP contribution in [-0.4, -0.2) is 35.0 Å². The van der Waals surface area contributed by atoms with Crippen LogP contribution in [0.1, 0.15) is 13.3 Å². The monoisotopic (exact) mass is 364 g/mol. The number of hydrogen-bond acceptors (Lipinski definition) is 5. The summed E-state index contributed by atoms with van der Waals surface area (Å²) in [6.45, 7) is 3.32. The summed E-state index contributed by atoms with van der Waals surface area (Å²) in [6, 6.07) is 18.9. The summed E-state index contributed by atoms with van der Waals surface area (Å²) in [5.41, 5.74) is 3.69. The maximum Gasteiger partial charge on any atom is 0.127 e. The van der Waals surface area contributed by atoms with Gasteiger partial charge in [0, 0.05) is 24.3 Å². The molecule has 0 atom stereocenters. The number of aromatic nitrogens is 1. The lowest BCUT2D eigenvalue weighted by molar-refractivity contribution is 0.292. The zero-order valence-electron chi connectivity index (χ0n) is 15.4. The third-order valence-electron chi connectivity index (χ3n) is 4.13. The number of pyridine rings is 1. The van der Waals surface area contributed by atoms with E-state index in [1.165, 1.54) is 0 Å². The standard InChI is InChI=1S/C22H24N2O3/c1-2-27-21-7-4-3-6-19(21)17-14-20(16-8-10-18(26)11-9-16)24-22(15-17)23-12-5-13-25/h3-4,6-11,14-15,25-26H,2,5,12-13H2,1H3,(H,23,24). The Labute approximate surface area is 159 Å². The zero-order valence-corrected chi connectivity index (χ0v) is 15.4. The van der Waals surface area contributed by atoms with E-state index in [-0.39, 0.29) is 12.4 Å². The Morgan fingerprint density at radius 1 is 1.00 bits per heavy atom. The van der Waals surface area contributed by atoms with Crippen LogP contribution in [0.25, 0.3) is 22.4 Å². The molecule has 0 fully saturated rings. The molecule has 0 aliphatic carbocycles. The maximum atomic E-state index is 9.56. The number of nitrogens with one attached hydrogen (secondary N) is 1. The molecule has 5 heteroatoms. The highest BCUT2D eigenvalue weighted by Gasteiger charge is 2.11. The molecule has 5 nitrogen and oxygen atoms in total. The number of benzene rings is 2. The minimum Gasteiger partial charge on any atom is -0.508 e. The zero-order chi connectivity index (χ0) is 19.1. The molecule has 0 aliphatic heterocycles. The van der Waals surface area contributed by atoms with Gasteiger partial charge in [0.2, 0.25) is 0 Å². The molecule has 1 aromatic heterocycles. The van der Waals surface area contributed by atoms with Crippen LogP contribution < -0.4 is 10.1 Å². The average Bonchev–Trinajstić information content (AvgIpc) is 2.69. The molecule has 0 saturated heterocycles. The summed E-state index contributed by atoms with van der Waals surface area (Å²) >= 11 is 0. The van der Waals surface area contributed by atoms with Gasteiger partial charge in [-0.15, -0.1) is 0 Å². The van der Waals surface area contributed by atoms with Crippen molar-refractivity contribution in [3.63, 3.8) is 0 Å². The molecule has 0 unspecified atom stereocenters. The van der Waals surface area contributed by atoms with E-state index >= 15 is 0 Å². The van der Waals surface area contributed by atoms with Gasteiger partial charge in [-0.1, -0.05) is 18.2 Å². The topological polar surface area (TPSA) is 74.6 Å². The smallest absolute Gasteiger partial charge is 0.127 e. The highest BCUT2D eigenvalue weighted by atomic mass is 16.5. The lowest BCUT2D eigenvalue weighted by Gasteiger charge is -2.14. The molecule has 0 radical (unpaired) electrons. The van der Waals surface area contributed by atoms with Crippen LogP contribution in [0.2, 0.25) is 0 Å². The van der Waals surface area contributed by atoms with E-state index in [1.54, 1.807) is 12.1 Å². The van der Waals surface area contributed by atoms with Crippen LogP contribution >= 0.6 is 0 Å². The number of ether oxygens (including phenoxy) is 1. The molecule has 0 aliphatic rings. The van der Waals surface area contributed by atoms with Gasteiger partial charge in [0.1, 0.15) is 17.3 Å². The third-order valence-corrected chi connectivity index (χ3v) is 4.13. The van der Waals surface area contributed by atoms with Crippen molar-refractivity contribution in [3.8, 4) is 33.9 Å². The molecule has 0 bridgehead atoms. The second kappa shape index (κ2) is 9.05. The fourth-order valence-electron chi connectivity index (χ4n) is 2.84. The lowest BCUT2D eigenvalue weighted by atomic mass is 10.0. The molecule has 140 valence electrons. The van der Waals surface area contributed by atoms with E-state index in [0.29, 0.717) is 19.6 Å². The number of hydrogen-bond donors (Lipinski definition) is 3. The molecule has 2 aromatic carbocycles. The number of rotatable bonds is 8. The van der Waals surface area contributed by atoms with Crippen LogP contribution in [0.4, 0.5) is 5.82 Å². The summed E-state index contributed by atoms with van der Waals surface area (Å²) in [7, 11) is 0. The average molecular weight is 364 g/mol. The molecule has 27 heavy (non-hydrogen) atoms. The van der Waals surface area contributed by atoms with E-state index < -0.39 is 0 Å². The summed E-state index contributed by atoms with van der Waals surface area (Å²) in [5.74, 6) is 1.78. The molecular weight excluding hydrogens is 340 g/mol. The van der Waals surface area contributed by atoms with E-state index in [0.717, 1.165) is 34.0 Å². The Bertz CT molecular complexity index is 879. The minimum atomic E-state index is 0.130. The fraction of sp³-hybridized carbons (Fsp3) is 0.227. The number of nitrogens with zero attached hydrogens (tertiary/aromatic N) is 1. The third kappa shape index (κ3) is 4.77. The lowest BCUT2D eigenvalue weighted by Crippen LogP contribution is -2.06. The second-order valence-corrected chi connectivity index (χ2v) is 6.11. The highest BCUT2D eigenvalue weighted by Crippen LogP contribution is 2.34. The van der Waals surface area contributed by atoms with Crippen LogP contribution in [0.5, 0.6) is 11.5 Å². The van der Waals surface area contributed by atoms with Crippen molar-refractivity contribution in [2.45, 2.75) is 13.3 Å². The molecule has 0 spiro atoms. The maximum absolute atomic E-state index is 9.56. The van der Waals surface area contributed by atoms with Crippen molar-refractivity contribution >= 4 is 5.82 Å². The van der Waals surface area contributed by atoms with Gasteiger partial charge in [0.05, 0.1) is 12.3 Å². The van der Waals surface area contributed by atoms with E-state index in [4.69, 9.17) is 14.8 Å². The van der Waals surface area contributed by atoms with Gasteiger partial charge >= 0.3 is 0 Å². The van der Waals surface area contributed by atoms with Crippen molar-refractivity contribution in [2.75, 3.05) is 25.1 Å². The highest BCUT2D eigenvalue weighted by molar-refractivity contribution is 5.77. The first-order chi connectivity index (χ1) is 13.2. The number of aliphatic hydroxyl groups is 1. The van der Waals surface area contributed by atoms with Gasteiger partial charge in [-0.05, 0) is 61.4 Å². The summed E-state index contributed by atoms with van der Waals surface area (Å²) in [5, 5.41) is 21.9. The van der Waals surface area contributed by atoms with Crippen LogP contribution in [0, 0.1) is 0 Å². The Morgan fingerprint density at radius 3 is 2.52 bits per heavy atom. The van der Waals surface area contributed by atoms with Crippen molar-refractivity contribution < 1.29 is 14.9 Å². The predicted octanol–water partition coefficient (Wildman–Crippen LogP) is 4.31. The van der Waals surface area contributed by atoms with E-state index in [2.05, 4.69) is 5.32 Å². The molecule has 0 saturated carbocycles. The Hall–Kier alpha value is -3.05. The van der Waals surface area contributed by atoms with Gasteiger partial charge in [0.25, 0.3) is 0 Å². The first-order valence-corrected chi connectivity index (χ1v) is 9.09. The number of aromatic hydroxyl groups is 1. The minimum absolute atomic E-state index is 0.130. The molecule has 3 N–H and O–H groups in total. The Morgan fingerprint density at radius 2 is 1.78 bits per heavy atom. The first kappa shape index (κ1) is 18.7. The quantitative estimate of drug-likeness (QED) is 0.519. The van der Waals surface area contributed by atoms with Crippen LogP contribution in [-0.2, 0) is 0 Å². The Balaban J connectivity index is 2.06. The second-order valence-electron chi connectivity index (χ2n) is 6.11. The summed E-state index contributed by atoms with van der Waals surface area (Å²) < 4.78 is 5.78. The van der Waals surface area contributed by atoms with Crippen molar-refractivity contribution in [3.05, 3.63) is 60.7 Å². The van der Waals surface area contributed by atoms with Gasteiger partial charge < -0.3 is 20.3 Å². The largest absolute Gasteiger partial charge is 0.508 e.